The van der Waals surface area contributed by atoms with Crippen molar-refractivity contribution in [3.8, 4) is 0 Å². The smallest absolute Gasteiger partial charge is 0.330 e. The van der Waals surface area contributed by atoms with Crippen molar-refractivity contribution >= 4 is 17.0 Å². The minimum absolute atomic E-state index is 0.0598. The maximum absolute atomic E-state index is 13.2. The highest BCUT2D eigenvalue weighted by Gasteiger charge is 2.57. The van der Waals surface area contributed by atoms with E-state index in [9.17, 15) is 13.6 Å². The lowest BCUT2D eigenvalue weighted by Crippen LogP contribution is -2.37. The van der Waals surface area contributed by atoms with Gasteiger partial charge in [0, 0.05) is 38.5 Å². The third kappa shape index (κ3) is 2.41. The fraction of sp³-hybridized carbons (Fsp3) is 0.647. The van der Waals surface area contributed by atoms with Gasteiger partial charge >= 0.3 is 5.69 Å². The first kappa shape index (κ1) is 15.6. The molecule has 2 atom stereocenters. The molecule has 24 heavy (non-hydrogen) atoms. The Morgan fingerprint density at radius 1 is 1.33 bits per heavy atom. The molecule has 1 saturated heterocycles. The Morgan fingerprint density at radius 3 is 2.75 bits per heavy atom. The number of hydrogen-bond acceptors (Lipinski definition) is 3. The number of aryl methyl sites for hydroxylation is 1. The summed E-state index contributed by atoms with van der Waals surface area (Å²) in [5.74, 6) is -2.50. The first-order valence-corrected chi connectivity index (χ1v) is 8.59. The van der Waals surface area contributed by atoms with Gasteiger partial charge in [0.15, 0.2) is 5.65 Å². The number of imidazole rings is 1. The van der Waals surface area contributed by atoms with E-state index < -0.39 is 11.8 Å². The standard InChI is InChI=1S/C17H22F2N4O/c1-11-5-3-4-8-22(11)14-7-6-13-15(20-14)21(2)16(24)23(13)10-12-9-17(12,18)19/h6-7,11-12H,3-5,8-10H2,1-2H3/t11-,12?/m0/s1. The summed E-state index contributed by atoms with van der Waals surface area (Å²) in [6.07, 6.45) is 3.37. The van der Waals surface area contributed by atoms with Crippen LogP contribution in [0, 0.1) is 5.92 Å². The second-order valence-electron chi connectivity index (χ2n) is 7.16. The average molecular weight is 336 g/mol. The van der Waals surface area contributed by atoms with Gasteiger partial charge in [0.05, 0.1) is 5.52 Å². The molecule has 0 radical (unpaired) electrons. The summed E-state index contributed by atoms with van der Waals surface area (Å²) in [7, 11) is 1.66. The Balaban J connectivity index is 1.72. The summed E-state index contributed by atoms with van der Waals surface area (Å²) in [6.45, 7) is 3.21. The van der Waals surface area contributed by atoms with Crippen LogP contribution in [0.1, 0.15) is 32.6 Å². The lowest BCUT2D eigenvalue weighted by Gasteiger charge is -2.34. The van der Waals surface area contributed by atoms with Gasteiger partial charge in [-0.1, -0.05) is 0 Å². The number of piperidine rings is 1. The van der Waals surface area contributed by atoms with Gasteiger partial charge < -0.3 is 4.90 Å². The van der Waals surface area contributed by atoms with Crippen molar-refractivity contribution in [2.24, 2.45) is 13.0 Å². The lowest BCUT2D eigenvalue weighted by atomic mass is 10.0. The van der Waals surface area contributed by atoms with E-state index in [1.807, 2.05) is 12.1 Å². The molecule has 0 amide bonds. The fourth-order valence-corrected chi connectivity index (χ4v) is 3.73. The zero-order valence-corrected chi connectivity index (χ0v) is 14.0. The van der Waals surface area contributed by atoms with Crippen LogP contribution in [-0.4, -0.2) is 32.6 Å². The quantitative estimate of drug-likeness (QED) is 0.866. The zero-order chi connectivity index (χ0) is 17.1. The van der Waals surface area contributed by atoms with Crippen LogP contribution in [0.3, 0.4) is 0 Å². The molecule has 4 rings (SSSR count). The van der Waals surface area contributed by atoms with Crippen LogP contribution in [0.15, 0.2) is 16.9 Å². The largest absolute Gasteiger partial charge is 0.354 e. The normalized spacial score (nSPS) is 26.1. The summed E-state index contributed by atoms with van der Waals surface area (Å²) in [5.41, 5.74) is 0.932. The van der Waals surface area contributed by atoms with Crippen molar-refractivity contribution in [2.45, 2.75) is 51.1 Å². The third-order valence-electron chi connectivity index (χ3n) is 5.42. The molecule has 2 aromatic rings. The van der Waals surface area contributed by atoms with Crippen molar-refractivity contribution < 1.29 is 8.78 Å². The van der Waals surface area contributed by atoms with Gasteiger partial charge in [0.2, 0.25) is 0 Å². The highest BCUT2D eigenvalue weighted by molar-refractivity contribution is 5.74. The molecule has 3 heterocycles. The highest BCUT2D eigenvalue weighted by atomic mass is 19.3. The van der Waals surface area contributed by atoms with Gasteiger partial charge in [-0.2, -0.15) is 0 Å². The minimum atomic E-state index is -2.63. The summed E-state index contributed by atoms with van der Waals surface area (Å²) in [4.78, 5) is 19.4. The van der Waals surface area contributed by atoms with Crippen LogP contribution in [0.2, 0.25) is 0 Å². The van der Waals surface area contributed by atoms with E-state index in [1.54, 1.807) is 7.05 Å². The van der Waals surface area contributed by atoms with E-state index >= 15 is 0 Å². The van der Waals surface area contributed by atoms with Crippen molar-refractivity contribution in [1.29, 1.82) is 0 Å². The number of halogens is 2. The first-order valence-electron chi connectivity index (χ1n) is 8.59. The Bertz CT molecular complexity index is 841. The molecule has 2 aromatic heterocycles. The van der Waals surface area contributed by atoms with Gasteiger partial charge in [-0.05, 0) is 38.3 Å². The summed E-state index contributed by atoms with van der Waals surface area (Å²) in [6, 6.07) is 4.18. The number of fused-ring (bicyclic) bond motifs is 1. The molecule has 1 aliphatic carbocycles. The lowest BCUT2D eigenvalue weighted by molar-refractivity contribution is 0.0951. The van der Waals surface area contributed by atoms with E-state index in [1.165, 1.54) is 15.6 Å². The van der Waals surface area contributed by atoms with Crippen LogP contribution in [0.25, 0.3) is 11.2 Å². The molecule has 1 unspecified atom stereocenters. The topological polar surface area (TPSA) is 43.1 Å². The number of anilines is 1. The molecule has 1 aliphatic heterocycles. The van der Waals surface area contributed by atoms with Crippen LogP contribution < -0.4 is 10.6 Å². The molecule has 0 aromatic carbocycles. The zero-order valence-electron chi connectivity index (χ0n) is 14.0. The number of nitrogens with zero attached hydrogens (tertiary/aromatic N) is 4. The maximum Gasteiger partial charge on any atom is 0.330 e. The first-order chi connectivity index (χ1) is 11.4. The molecular formula is C17H22F2N4O. The Kier molecular flexibility index (Phi) is 3.44. The number of alkyl halides is 2. The number of rotatable bonds is 3. The molecule has 0 N–H and O–H groups in total. The van der Waals surface area contributed by atoms with Crippen LogP contribution in [0.4, 0.5) is 14.6 Å². The fourth-order valence-electron chi connectivity index (χ4n) is 3.73. The molecule has 2 aliphatic rings. The molecule has 5 nitrogen and oxygen atoms in total. The van der Waals surface area contributed by atoms with E-state index in [2.05, 4.69) is 16.8 Å². The number of aromatic nitrogens is 3. The Labute approximate surface area is 138 Å². The van der Waals surface area contributed by atoms with E-state index in [4.69, 9.17) is 0 Å². The molecule has 1 saturated carbocycles. The molecule has 2 fully saturated rings. The minimum Gasteiger partial charge on any atom is -0.354 e. The predicted octanol–water partition coefficient (Wildman–Crippen LogP) is 2.77. The van der Waals surface area contributed by atoms with E-state index in [-0.39, 0.29) is 18.7 Å². The predicted molar refractivity (Wildman–Crippen MR) is 88.7 cm³/mol. The van der Waals surface area contributed by atoms with Gasteiger partial charge in [-0.3, -0.25) is 9.13 Å². The third-order valence-corrected chi connectivity index (χ3v) is 5.42. The average Bonchev–Trinajstić information content (AvgIpc) is 3.10. The molecule has 130 valence electrons. The van der Waals surface area contributed by atoms with Crippen molar-refractivity contribution in [1.82, 2.24) is 14.1 Å². The van der Waals surface area contributed by atoms with Crippen molar-refractivity contribution in [3.05, 3.63) is 22.6 Å². The van der Waals surface area contributed by atoms with Crippen LogP contribution in [-0.2, 0) is 13.6 Å². The SMILES string of the molecule is C[C@H]1CCCCN1c1ccc2c(n1)n(C)c(=O)n2CC1CC1(F)F. The second kappa shape index (κ2) is 5.29. The molecule has 0 bridgehead atoms. The number of pyridine rings is 1. The Hall–Kier alpha value is -1.92. The van der Waals surface area contributed by atoms with E-state index in [0.29, 0.717) is 17.2 Å². The van der Waals surface area contributed by atoms with E-state index in [0.717, 1.165) is 25.2 Å². The van der Waals surface area contributed by atoms with Gasteiger partial charge in [-0.25, -0.2) is 18.6 Å². The summed E-state index contributed by atoms with van der Waals surface area (Å²) >= 11 is 0. The monoisotopic (exact) mass is 336 g/mol. The Morgan fingerprint density at radius 2 is 2.08 bits per heavy atom. The van der Waals surface area contributed by atoms with Crippen molar-refractivity contribution in [2.75, 3.05) is 11.4 Å². The van der Waals surface area contributed by atoms with Gasteiger partial charge in [-0.15, -0.1) is 0 Å². The summed E-state index contributed by atoms with van der Waals surface area (Å²) in [5, 5.41) is 0. The summed E-state index contributed by atoms with van der Waals surface area (Å²) < 4.78 is 29.4. The van der Waals surface area contributed by atoms with Crippen molar-refractivity contribution in [3.63, 3.8) is 0 Å². The van der Waals surface area contributed by atoms with Crippen LogP contribution in [0.5, 0.6) is 0 Å². The number of hydrogen-bond donors (Lipinski definition) is 0. The highest BCUT2D eigenvalue weighted by Crippen LogP contribution is 2.49. The second-order valence-corrected chi connectivity index (χ2v) is 7.16. The van der Waals surface area contributed by atoms with Crippen LogP contribution >= 0.6 is 0 Å². The molecule has 0 spiro atoms. The van der Waals surface area contributed by atoms with Gasteiger partial charge in [0.25, 0.3) is 5.92 Å². The van der Waals surface area contributed by atoms with Gasteiger partial charge in [0.1, 0.15) is 5.82 Å². The molecular weight excluding hydrogens is 314 g/mol. The maximum atomic E-state index is 13.2. The molecule has 7 heteroatoms.